The van der Waals surface area contributed by atoms with E-state index in [2.05, 4.69) is 80.1 Å². The summed E-state index contributed by atoms with van der Waals surface area (Å²) in [6, 6.07) is 15.9. The Bertz CT molecular complexity index is 1230. The highest BCUT2D eigenvalue weighted by atomic mass is 16.5. The summed E-state index contributed by atoms with van der Waals surface area (Å²) in [7, 11) is 0. The molecule has 0 aromatic heterocycles. The first-order valence-corrected chi connectivity index (χ1v) is 11.7. The van der Waals surface area contributed by atoms with Gasteiger partial charge in [-0.25, -0.2) is 0 Å². The highest BCUT2D eigenvalue weighted by molar-refractivity contribution is 5.83. The first kappa shape index (κ1) is 24.7. The number of Topliss-reactive ketones (excluding diaryl/α,β-unsaturated/α-hetero) is 1. The normalized spacial score (nSPS) is 14.3. The number of benzene rings is 2. The van der Waals surface area contributed by atoms with Crippen LogP contribution in [0.25, 0.3) is 11.1 Å². The number of carbonyl (C=O) groups is 1. The van der Waals surface area contributed by atoms with Gasteiger partial charge in [-0.05, 0) is 86.6 Å². The van der Waals surface area contributed by atoms with Gasteiger partial charge in [0, 0.05) is 31.3 Å². The van der Waals surface area contributed by atoms with Crippen LogP contribution in [0.1, 0.15) is 58.6 Å². The number of terminal acetylenes is 1. The molecule has 2 aromatic carbocycles. The lowest BCUT2D eigenvalue weighted by atomic mass is 9.83. The molecule has 0 aliphatic heterocycles. The van der Waals surface area contributed by atoms with Crippen LogP contribution >= 0.6 is 0 Å². The van der Waals surface area contributed by atoms with Crippen molar-refractivity contribution in [2.75, 3.05) is 0 Å². The van der Waals surface area contributed by atoms with Crippen molar-refractivity contribution in [3.63, 3.8) is 0 Å². The molecule has 1 unspecified atom stereocenters. The third kappa shape index (κ3) is 7.89. The zero-order valence-electron chi connectivity index (χ0n) is 20.0. The van der Waals surface area contributed by atoms with Crippen molar-refractivity contribution in [3.8, 4) is 53.1 Å². The molecule has 1 atom stereocenters. The average molecular weight is 457 g/mol. The Morgan fingerprint density at radius 1 is 1.06 bits per heavy atom. The van der Waals surface area contributed by atoms with Gasteiger partial charge in [-0.1, -0.05) is 59.7 Å². The molecule has 0 N–H and O–H groups in total. The lowest BCUT2D eigenvalue weighted by Crippen LogP contribution is -2.19. The van der Waals surface area contributed by atoms with Crippen LogP contribution in [0, 0.1) is 42.1 Å². The number of hydrogen-bond donors (Lipinski definition) is 0. The third-order valence-corrected chi connectivity index (χ3v) is 5.92. The number of ether oxygens (including phenoxy) is 1. The van der Waals surface area contributed by atoms with Gasteiger partial charge in [0.05, 0.1) is 0 Å². The number of rotatable bonds is 8. The van der Waals surface area contributed by atoms with Crippen LogP contribution in [-0.4, -0.2) is 5.78 Å². The monoisotopic (exact) mass is 456 g/mol. The molecule has 3 rings (SSSR count). The van der Waals surface area contributed by atoms with E-state index in [1.54, 1.807) is 0 Å². The topological polar surface area (TPSA) is 26.3 Å². The molecule has 0 fully saturated rings. The standard InChI is InChI=1S/C32H30O2.5H2/c1-4-5-6-7-23-34-31-21-19-29(20-22-31)28-15-13-27(14-16-28)24-32(33)30-17-11-26(12-18-30)10-8-9-25(2)3;;;;;/h1,9,11,13-16,19-22,30H,8,10,12,17-18,24H2,2-3H3;5*1H. The molecule has 0 saturated carbocycles. The Morgan fingerprint density at radius 2 is 1.76 bits per heavy atom. The number of ketones is 1. The number of hydrogen-bond acceptors (Lipinski definition) is 2. The van der Waals surface area contributed by atoms with Gasteiger partial charge in [-0.3, -0.25) is 4.79 Å². The Labute approximate surface area is 211 Å². The van der Waals surface area contributed by atoms with E-state index in [0.29, 0.717) is 18.0 Å². The van der Waals surface area contributed by atoms with E-state index in [9.17, 15) is 4.79 Å². The predicted molar refractivity (Wildman–Crippen MR) is 150 cm³/mol. The van der Waals surface area contributed by atoms with Crippen LogP contribution in [0.2, 0.25) is 0 Å². The van der Waals surface area contributed by atoms with Crippen LogP contribution in [0.15, 0.2) is 71.8 Å². The molecule has 180 valence electrons. The maximum absolute atomic E-state index is 12.8. The zero-order valence-corrected chi connectivity index (χ0v) is 20.0. The van der Waals surface area contributed by atoms with Gasteiger partial charge in [0.2, 0.25) is 0 Å². The first-order chi connectivity index (χ1) is 16.5. The van der Waals surface area contributed by atoms with Crippen LogP contribution in [0.3, 0.4) is 0 Å². The summed E-state index contributed by atoms with van der Waals surface area (Å²) in [5, 5.41) is 0. The molecule has 1 aliphatic rings. The predicted octanol–water partition coefficient (Wildman–Crippen LogP) is 8.14. The van der Waals surface area contributed by atoms with Crippen LogP contribution in [-0.2, 0) is 11.2 Å². The number of allylic oxidation sites excluding steroid dienone is 4. The average Bonchev–Trinajstić information content (AvgIpc) is 2.85. The van der Waals surface area contributed by atoms with E-state index in [1.807, 2.05) is 24.3 Å². The second kappa shape index (κ2) is 12.9. The van der Waals surface area contributed by atoms with Crippen LogP contribution < -0.4 is 4.74 Å². The van der Waals surface area contributed by atoms with Crippen molar-refractivity contribution in [1.82, 2.24) is 0 Å². The molecule has 0 saturated heterocycles. The van der Waals surface area contributed by atoms with Gasteiger partial charge in [-0.2, -0.15) is 0 Å². The molecule has 1 aliphatic carbocycles. The molecule has 2 nitrogen and oxygen atoms in total. The summed E-state index contributed by atoms with van der Waals surface area (Å²) in [5.41, 5.74) is 6.11. The Kier molecular flexibility index (Phi) is 9.40. The van der Waals surface area contributed by atoms with E-state index in [-0.39, 0.29) is 13.1 Å². The number of carbonyl (C=O) groups excluding carboxylic acids is 1. The minimum atomic E-state index is 0. The minimum absolute atomic E-state index is 0. The van der Waals surface area contributed by atoms with Crippen molar-refractivity contribution in [2.45, 2.75) is 52.4 Å². The van der Waals surface area contributed by atoms with Crippen molar-refractivity contribution in [1.29, 1.82) is 0 Å². The fraction of sp³-hybridized carbons (Fsp3) is 0.281. The van der Waals surface area contributed by atoms with E-state index < -0.39 is 0 Å². The smallest absolute Gasteiger partial charge is 0.140 e. The van der Waals surface area contributed by atoms with Gasteiger partial charge in [0.15, 0.2) is 0 Å². The third-order valence-electron chi connectivity index (χ3n) is 5.92. The summed E-state index contributed by atoms with van der Waals surface area (Å²) >= 11 is 0. The molecular formula is C32H40O2. The van der Waals surface area contributed by atoms with Crippen LogP contribution in [0.4, 0.5) is 0 Å². The van der Waals surface area contributed by atoms with Gasteiger partial charge in [0.25, 0.3) is 0 Å². The summed E-state index contributed by atoms with van der Waals surface area (Å²) < 4.78 is 5.32. The first-order valence-electron chi connectivity index (χ1n) is 11.7. The van der Waals surface area contributed by atoms with Crippen molar-refractivity contribution in [2.24, 2.45) is 5.92 Å². The summed E-state index contributed by atoms with van der Waals surface area (Å²) in [5.74, 6) is 10.8. The van der Waals surface area contributed by atoms with Crippen molar-refractivity contribution >= 4 is 5.78 Å². The summed E-state index contributed by atoms with van der Waals surface area (Å²) in [6.07, 6.45) is 17.8. The van der Waals surface area contributed by atoms with Gasteiger partial charge in [0.1, 0.15) is 17.6 Å². The quantitative estimate of drug-likeness (QED) is 0.296. The van der Waals surface area contributed by atoms with Crippen molar-refractivity contribution < 1.29 is 16.7 Å². The Hall–Kier alpha value is -3.93. The molecule has 0 radical (unpaired) electrons. The maximum atomic E-state index is 12.8. The molecule has 2 heteroatoms. The Morgan fingerprint density at radius 3 is 2.38 bits per heavy atom. The molecular weight excluding hydrogens is 416 g/mol. The highest BCUT2D eigenvalue weighted by Crippen LogP contribution is 2.28. The highest BCUT2D eigenvalue weighted by Gasteiger charge is 2.21. The van der Waals surface area contributed by atoms with E-state index in [0.717, 1.165) is 48.8 Å². The van der Waals surface area contributed by atoms with Crippen molar-refractivity contribution in [3.05, 3.63) is 77.4 Å². The molecule has 34 heavy (non-hydrogen) atoms. The van der Waals surface area contributed by atoms with Crippen LogP contribution in [0.5, 0.6) is 5.75 Å². The van der Waals surface area contributed by atoms with E-state index >= 15 is 0 Å². The molecule has 0 spiro atoms. The van der Waals surface area contributed by atoms with E-state index in [4.69, 9.17) is 11.2 Å². The minimum Gasteiger partial charge on any atom is -0.407 e. The molecule has 0 bridgehead atoms. The zero-order chi connectivity index (χ0) is 24.2. The maximum Gasteiger partial charge on any atom is 0.140 e. The van der Waals surface area contributed by atoms with E-state index in [1.165, 1.54) is 11.1 Å². The Balaban J connectivity index is -0.00000259. The summed E-state index contributed by atoms with van der Waals surface area (Å²) in [6.45, 7) is 4.28. The molecule has 0 amide bonds. The van der Waals surface area contributed by atoms with Gasteiger partial charge in [-0.15, -0.1) is 6.42 Å². The molecule has 0 heterocycles. The second-order valence-corrected chi connectivity index (χ2v) is 8.74. The second-order valence-electron chi connectivity index (χ2n) is 8.74. The van der Waals surface area contributed by atoms with Gasteiger partial charge >= 0.3 is 0 Å². The molecule has 2 aromatic rings. The summed E-state index contributed by atoms with van der Waals surface area (Å²) in [4.78, 5) is 12.8. The lowest BCUT2D eigenvalue weighted by molar-refractivity contribution is -0.122. The van der Waals surface area contributed by atoms with Gasteiger partial charge < -0.3 is 4.74 Å². The largest absolute Gasteiger partial charge is 0.407 e. The lowest BCUT2D eigenvalue weighted by Gasteiger charge is -2.21. The fourth-order valence-corrected chi connectivity index (χ4v) is 4.01. The SMILES string of the molecule is C#CC#CC#COc1ccc(-c2ccc(CC(=O)C3CC=C(CCC=C(C)C)CC3)cc2)cc1.[HH].[HH].[HH].[HH].[HH]. The fourth-order valence-electron chi connectivity index (χ4n) is 4.01.